The van der Waals surface area contributed by atoms with Gasteiger partial charge in [-0.25, -0.2) is 18.0 Å². The number of nitrogens with one attached hydrogen (secondary N) is 1. The Morgan fingerprint density at radius 1 is 0.944 bits per heavy atom. The molecule has 36 heavy (non-hydrogen) atoms. The fourth-order valence-electron chi connectivity index (χ4n) is 3.91. The zero-order valence-electron chi connectivity index (χ0n) is 20.6. The van der Waals surface area contributed by atoms with Crippen LogP contribution in [-0.4, -0.2) is 27.5 Å². The number of hydrogen-bond donors (Lipinski definition) is 1. The summed E-state index contributed by atoms with van der Waals surface area (Å²) in [7, 11) is -2.45. The third-order valence-corrected chi connectivity index (χ3v) is 7.49. The number of sulfonamides is 1. The van der Waals surface area contributed by atoms with Gasteiger partial charge < -0.3 is 13.9 Å². The minimum atomic E-state index is -3.96. The Hall–Kier alpha value is -3.69. The Morgan fingerprint density at radius 2 is 1.61 bits per heavy atom. The molecule has 8 nitrogen and oxygen atoms in total. The van der Waals surface area contributed by atoms with E-state index in [0.29, 0.717) is 27.5 Å². The average molecular weight is 510 g/mol. The molecule has 0 aliphatic carbocycles. The van der Waals surface area contributed by atoms with Gasteiger partial charge in [-0.2, -0.15) is 4.72 Å². The number of benzene rings is 3. The van der Waals surface area contributed by atoms with Crippen molar-refractivity contribution < 1.29 is 27.1 Å². The summed E-state index contributed by atoms with van der Waals surface area (Å²) in [6, 6.07) is 13.6. The maximum absolute atomic E-state index is 13.1. The topological polar surface area (TPSA) is 112 Å². The molecule has 3 aromatic carbocycles. The van der Waals surface area contributed by atoms with E-state index in [1.807, 2.05) is 6.92 Å². The van der Waals surface area contributed by atoms with Gasteiger partial charge in [-0.3, -0.25) is 0 Å². The van der Waals surface area contributed by atoms with Gasteiger partial charge in [0.1, 0.15) is 23.1 Å². The molecule has 1 N–H and O–H groups in total. The van der Waals surface area contributed by atoms with E-state index in [0.717, 1.165) is 5.56 Å². The molecule has 188 valence electrons. The zero-order chi connectivity index (χ0) is 26.2. The van der Waals surface area contributed by atoms with E-state index in [1.165, 1.54) is 19.2 Å². The number of carbonyl (C=O) groups is 1. The van der Waals surface area contributed by atoms with Crippen molar-refractivity contribution >= 4 is 37.7 Å². The third-order valence-electron chi connectivity index (χ3n) is 6.03. The van der Waals surface area contributed by atoms with Gasteiger partial charge in [0.15, 0.2) is 0 Å². The van der Waals surface area contributed by atoms with E-state index >= 15 is 0 Å². The zero-order valence-corrected chi connectivity index (χ0v) is 21.4. The van der Waals surface area contributed by atoms with Gasteiger partial charge in [-0.1, -0.05) is 31.5 Å². The molecule has 0 aliphatic rings. The molecule has 1 atom stereocenters. The summed E-state index contributed by atoms with van der Waals surface area (Å²) in [5.74, 6) is -0.459. The maximum atomic E-state index is 13.1. The molecule has 0 saturated carbocycles. The van der Waals surface area contributed by atoms with Crippen LogP contribution in [0.2, 0.25) is 0 Å². The largest absolute Gasteiger partial charge is 0.497 e. The van der Waals surface area contributed by atoms with Gasteiger partial charge >= 0.3 is 11.6 Å². The Kier molecular flexibility index (Phi) is 6.88. The smallest absolute Gasteiger partial charge is 0.344 e. The molecule has 0 saturated heterocycles. The van der Waals surface area contributed by atoms with Crippen LogP contribution in [0.5, 0.6) is 11.5 Å². The van der Waals surface area contributed by atoms with E-state index in [9.17, 15) is 18.0 Å². The number of rotatable bonds is 7. The molecule has 4 aromatic rings. The van der Waals surface area contributed by atoms with Gasteiger partial charge in [0.2, 0.25) is 10.0 Å². The van der Waals surface area contributed by atoms with E-state index in [2.05, 4.69) is 4.72 Å². The molecule has 4 rings (SSSR count). The standard InChI is InChI=1S/C27H27NO7S/c1-15(2)24(28-36(31,32)19-9-6-16(3)7-10-19)27(30)34-23-13-12-21-20-11-8-18(33-5)14-22(20)26(29)35-25(21)17(23)4/h6-15,24,28H,1-5H3/t24-/m0/s1. The molecule has 0 unspecified atom stereocenters. The number of hydrogen-bond acceptors (Lipinski definition) is 7. The van der Waals surface area contributed by atoms with Crippen molar-refractivity contribution in [3.8, 4) is 11.5 Å². The normalized spacial score (nSPS) is 12.7. The Morgan fingerprint density at radius 3 is 2.25 bits per heavy atom. The van der Waals surface area contributed by atoms with Crippen LogP contribution in [0.15, 0.2) is 68.7 Å². The average Bonchev–Trinajstić information content (AvgIpc) is 2.84. The van der Waals surface area contributed by atoms with Gasteiger partial charge in [0, 0.05) is 16.3 Å². The number of esters is 1. The Labute approximate surface area is 208 Å². The van der Waals surface area contributed by atoms with E-state index < -0.39 is 33.6 Å². The van der Waals surface area contributed by atoms with Gasteiger partial charge in [-0.15, -0.1) is 0 Å². The fourth-order valence-corrected chi connectivity index (χ4v) is 5.24. The SMILES string of the molecule is COc1ccc2c(c1)c(=O)oc1c(C)c(OC(=O)[C@@H](NS(=O)(=O)c3ccc(C)cc3)C(C)C)ccc12. The molecule has 9 heteroatoms. The predicted octanol–water partition coefficient (Wildman–Crippen LogP) is 4.48. The van der Waals surface area contributed by atoms with Crippen LogP contribution in [-0.2, 0) is 14.8 Å². The number of aryl methyl sites for hydroxylation is 2. The second-order valence-electron chi connectivity index (χ2n) is 8.94. The van der Waals surface area contributed by atoms with Crippen molar-refractivity contribution in [1.82, 2.24) is 4.72 Å². The van der Waals surface area contributed by atoms with Crippen molar-refractivity contribution in [3.05, 3.63) is 76.1 Å². The summed E-state index contributed by atoms with van der Waals surface area (Å²) in [5.41, 5.74) is 1.09. The lowest BCUT2D eigenvalue weighted by atomic mass is 10.0. The fraction of sp³-hybridized carbons (Fsp3) is 0.259. The first kappa shape index (κ1) is 25.4. The van der Waals surface area contributed by atoms with Gasteiger partial charge in [0.25, 0.3) is 0 Å². The number of fused-ring (bicyclic) bond motifs is 3. The van der Waals surface area contributed by atoms with Crippen LogP contribution in [0.1, 0.15) is 25.0 Å². The van der Waals surface area contributed by atoms with Crippen LogP contribution in [0, 0.1) is 19.8 Å². The van der Waals surface area contributed by atoms with E-state index in [4.69, 9.17) is 13.9 Å². The van der Waals surface area contributed by atoms with Crippen LogP contribution in [0.4, 0.5) is 0 Å². The lowest BCUT2D eigenvalue weighted by Gasteiger charge is -2.21. The van der Waals surface area contributed by atoms with Crippen LogP contribution in [0.3, 0.4) is 0 Å². The van der Waals surface area contributed by atoms with Gasteiger partial charge in [-0.05, 0) is 62.2 Å². The molecule has 1 heterocycles. The predicted molar refractivity (Wildman–Crippen MR) is 137 cm³/mol. The van der Waals surface area contributed by atoms with Gasteiger partial charge in [0.05, 0.1) is 17.4 Å². The summed E-state index contributed by atoms with van der Waals surface area (Å²) in [6.45, 7) is 6.96. The summed E-state index contributed by atoms with van der Waals surface area (Å²) in [4.78, 5) is 25.8. The Balaban J connectivity index is 1.67. The van der Waals surface area contributed by atoms with Crippen LogP contribution in [0.25, 0.3) is 21.7 Å². The monoisotopic (exact) mass is 509 g/mol. The summed E-state index contributed by atoms with van der Waals surface area (Å²) < 4.78 is 44.6. The minimum absolute atomic E-state index is 0.0544. The molecule has 0 aliphatic heterocycles. The second kappa shape index (κ2) is 9.75. The van der Waals surface area contributed by atoms with Crippen molar-refractivity contribution in [3.63, 3.8) is 0 Å². The quantitative estimate of drug-likeness (QED) is 0.169. The van der Waals surface area contributed by atoms with E-state index in [-0.39, 0.29) is 16.2 Å². The van der Waals surface area contributed by atoms with E-state index in [1.54, 1.807) is 63.2 Å². The summed E-state index contributed by atoms with van der Waals surface area (Å²) in [6.07, 6.45) is 0. The molecule has 0 amide bonds. The molecule has 0 bridgehead atoms. The summed E-state index contributed by atoms with van der Waals surface area (Å²) >= 11 is 0. The molecular formula is C27H27NO7S. The maximum Gasteiger partial charge on any atom is 0.344 e. The highest BCUT2D eigenvalue weighted by atomic mass is 32.2. The number of methoxy groups -OCH3 is 1. The first-order chi connectivity index (χ1) is 17.0. The van der Waals surface area contributed by atoms with Crippen molar-refractivity contribution in [2.45, 2.75) is 38.6 Å². The molecule has 0 spiro atoms. The van der Waals surface area contributed by atoms with Crippen LogP contribution < -0.4 is 19.8 Å². The number of carbonyl (C=O) groups excluding carboxylic acids is 1. The lowest BCUT2D eigenvalue weighted by Crippen LogP contribution is -2.46. The highest BCUT2D eigenvalue weighted by Crippen LogP contribution is 2.32. The number of ether oxygens (including phenoxy) is 2. The minimum Gasteiger partial charge on any atom is -0.497 e. The second-order valence-corrected chi connectivity index (χ2v) is 10.7. The first-order valence-corrected chi connectivity index (χ1v) is 12.8. The molecule has 0 radical (unpaired) electrons. The molecular weight excluding hydrogens is 482 g/mol. The Bertz CT molecular complexity index is 1620. The van der Waals surface area contributed by atoms with Crippen molar-refractivity contribution in [2.24, 2.45) is 5.92 Å². The molecule has 0 fully saturated rings. The lowest BCUT2D eigenvalue weighted by molar-refractivity contribution is -0.137. The summed E-state index contributed by atoms with van der Waals surface area (Å²) in [5, 5.41) is 1.72. The first-order valence-electron chi connectivity index (χ1n) is 11.4. The highest BCUT2D eigenvalue weighted by molar-refractivity contribution is 7.89. The van der Waals surface area contributed by atoms with Crippen molar-refractivity contribution in [1.29, 1.82) is 0 Å². The molecule has 1 aromatic heterocycles. The van der Waals surface area contributed by atoms with Crippen LogP contribution >= 0.6 is 0 Å². The highest BCUT2D eigenvalue weighted by Gasteiger charge is 2.30. The van der Waals surface area contributed by atoms with Crippen molar-refractivity contribution in [2.75, 3.05) is 7.11 Å². The third kappa shape index (κ3) is 4.84.